The minimum Gasteiger partial charge on any atom is -0.480 e. The molecule has 20 heavy (non-hydrogen) atoms. The average molecular weight is 285 g/mol. The van der Waals surface area contributed by atoms with Crippen molar-refractivity contribution in [1.82, 2.24) is 16.0 Å². The van der Waals surface area contributed by atoms with Crippen LogP contribution < -0.4 is 16.0 Å². The van der Waals surface area contributed by atoms with Crippen molar-refractivity contribution in [1.29, 1.82) is 0 Å². The summed E-state index contributed by atoms with van der Waals surface area (Å²) in [4.78, 5) is 44.1. The summed E-state index contributed by atoms with van der Waals surface area (Å²) in [6.45, 7) is 1.46. The van der Waals surface area contributed by atoms with Gasteiger partial charge in [0.15, 0.2) is 0 Å². The Morgan fingerprint density at radius 2 is 1.65 bits per heavy atom. The van der Waals surface area contributed by atoms with Crippen LogP contribution in [0.4, 0.5) is 0 Å². The van der Waals surface area contributed by atoms with Gasteiger partial charge in [0.25, 0.3) is 0 Å². The van der Waals surface area contributed by atoms with Crippen LogP contribution in [0.5, 0.6) is 0 Å². The minimum atomic E-state index is -1.15. The molecule has 0 saturated heterocycles. The third-order valence-electron chi connectivity index (χ3n) is 2.98. The van der Waals surface area contributed by atoms with Crippen LogP contribution in [0.25, 0.3) is 0 Å². The van der Waals surface area contributed by atoms with Crippen molar-refractivity contribution in [2.24, 2.45) is 11.8 Å². The summed E-state index contributed by atoms with van der Waals surface area (Å²) in [5.41, 5.74) is 0. The zero-order valence-electron chi connectivity index (χ0n) is 11.3. The van der Waals surface area contributed by atoms with E-state index in [1.807, 2.05) is 6.92 Å². The molecule has 1 fully saturated rings. The van der Waals surface area contributed by atoms with Gasteiger partial charge in [0.1, 0.15) is 6.54 Å². The number of aliphatic carboxylic acids is 1. The zero-order valence-corrected chi connectivity index (χ0v) is 11.3. The molecule has 0 aliphatic heterocycles. The molecule has 0 aromatic carbocycles. The molecule has 1 rings (SSSR count). The lowest BCUT2D eigenvalue weighted by atomic mass is 10.3. The molecule has 3 amide bonds. The fourth-order valence-corrected chi connectivity index (χ4v) is 1.62. The predicted molar refractivity (Wildman–Crippen MR) is 68.6 cm³/mol. The molecule has 0 spiro atoms. The quantitative estimate of drug-likeness (QED) is 0.430. The van der Waals surface area contributed by atoms with Crippen LogP contribution in [-0.4, -0.2) is 48.4 Å². The van der Waals surface area contributed by atoms with E-state index in [1.165, 1.54) is 0 Å². The van der Waals surface area contributed by atoms with E-state index in [0.29, 0.717) is 5.92 Å². The third-order valence-corrected chi connectivity index (χ3v) is 2.98. The highest BCUT2D eigenvalue weighted by Crippen LogP contribution is 2.37. The van der Waals surface area contributed by atoms with Crippen molar-refractivity contribution >= 4 is 23.7 Å². The van der Waals surface area contributed by atoms with Crippen LogP contribution in [0.1, 0.15) is 19.8 Å². The van der Waals surface area contributed by atoms with E-state index in [0.717, 1.165) is 6.42 Å². The first-order chi connectivity index (χ1) is 9.40. The largest absolute Gasteiger partial charge is 0.480 e. The summed E-state index contributed by atoms with van der Waals surface area (Å²) >= 11 is 0. The molecule has 0 radical (unpaired) electrons. The number of carboxylic acids is 1. The van der Waals surface area contributed by atoms with Gasteiger partial charge in [-0.3, -0.25) is 19.2 Å². The number of carbonyl (C=O) groups is 4. The Balaban J connectivity index is 2.04. The minimum absolute atomic E-state index is 0.0375. The first-order valence-electron chi connectivity index (χ1n) is 6.43. The summed E-state index contributed by atoms with van der Waals surface area (Å²) in [5.74, 6) is -1.65. The molecule has 1 saturated carbocycles. The highest BCUT2D eigenvalue weighted by atomic mass is 16.4. The molecule has 8 nitrogen and oxygen atoms in total. The number of nitrogens with one attached hydrogen (secondary N) is 3. The van der Waals surface area contributed by atoms with E-state index in [4.69, 9.17) is 5.11 Å². The Morgan fingerprint density at radius 3 is 2.20 bits per heavy atom. The number of carbonyl (C=O) groups excluding carboxylic acids is 3. The van der Waals surface area contributed by atoms with E-state index in [2.05, 4.69) is 16.0 Å². The van der Waals surface area contributed by atoms with Gasteiger partial charge in [-0.05, 0) is 12.3 Å². The maximum absolute atomic E-state index is 11.4. The van der Waals surface area contributed by atoms with Gasteiger partial charge >= 0.3 is 5.97 Å². The summed E-state index contributed by atoms with van der Waals surface area (Å²) in [7, 11) is 0. The normalized spacial score (nSPS) is 19.9. The topological polar surface area (TPSA) is 125 Å². The summed E-state index contributed by atoms with van der Waals surface area (Å²) in [5, 5.41) is 15.4. The maximum atomic E-state index is 11.4. The summed E-state index contributed by atoms with van der Waals surface area (Å²) < 4.78 is 0. The Kier molecular flexibility index (Phi) is 5.95. The number of amides is 3. The third kappa shape index (κ3) is 6.17. The Hall–Kier alpha value is -2.12. The van der Waals surface area contributed by atoms with E-state index in [9.17, 15) is 19.2 Å². The second kappa shape index (κ2) is 7.46. The lowest BCUT2D eigenvalue weighted by molar-refractivity contribution is -0.137. The molecular formula is C12H19N3O5. The van der Waals surface area contributed by atoms with Crippen LogP contribution in [0.2, 0.25) is 0 Å². The highest BCUT2D eigenvalue weighted by molar-refractivity contribution is 5.87. The van der Waals surface area contributed by atoms with Gasteiger partial charge in [-0.1, -0.05) is 6.92 Å². The van der Waals surface area contributed by atoms with Crippen molar-refractivity contribution in [2.45, 2.75) is 19.8 Å². The van der Waals surface area contributed by atoms with Crippen LogP contribution in [-0.2, 0) is 19.2 Å². The second-order valence-corrected chi connectivity index (χ2v) is 4.81. The van der Waals surface area contributed by atoms with Crippen LogP contribution in [0.3, 0.4) is 0 Å². The molecular weight excluding hydrogens is 266 g/mol. The molecule has 2 atom stereocenters. The monoisotopic (exact) mass is 285 g/mol. The van der Waals surface area contributed by atoms with E-state index in [1.54, 1.807) is 0 Å². The first kappa shape index (κ1) is 15.9. The van der Waals surface area contributed by atoms with Crippen molar-refractivity contribution in [3.8, 4) is 0 Å². The van der Waals surface area contributed by atoms with Gasteiger partial charge < -0.3 is 21.1 Å². The molecule has 4 N–H and O–H groups in total. The van der Waals surface area contributed by atoms with Crippen molar-refractivity contribution in [3.63, 3.8) is 0 Å². The maximum Gasteiger partial charge on any atom is 0.322 e. The van der Waals surface area contributed by atoms with Gasteiger partial charge in [0.2, 0.25) is 17.7 Å². The molecule has 0 bridgehead atoms. The summed E-state index contributed by atoms with van der Waals surface area (Å²) in [6.07, 6.45) is 0.973. The number of hydrogen-bond acceptors (Lipinski definition) is 4. The molecule has 1 aliphatic carbocycles. The molecule has 2 unspecified atom stereocenters. The zero-order chi connectivity index (χ0) is 15.1. The Labute approximate surface area is 116 Å². The Bertz CT molecular complexity index is 410. The van der Waals surface area contributed by atoms with E-state index < -0.39 is 18.4 Å². The van der Waals surface area contributed by atoms with Gasteiger partial charge in [0.05, 0.1) is 6.54 Å². The molecule has 112 valence electrons. The van der Waals surface area contributed by atoms with Crippen molar-refractivity contribution in [2.75, 3.05) is 19.6 Å². The standard InChI is InChI=1S/C12H19N3O5/c1-7-4-8(7)12(20)13-3-2-9(16)14-5-10(17)15-6-11(18)19/h7-8H,2-6H2,1H3,(H,13,20)(H,14,16)(H,15,17)(H,18,19). The van der Waals surface area contributed by atoms with Gasteiger partial charge in [-0.15, -0.1) is 0 Å². The number of rotatable bonds is 8. The predicted octanol–water partition coefficient (Wildman–Crippen LogP) is -1.53. The lowest BCUT2D eigenvalue weighted by Crippen LogP contribution is -2.40. The van der Waals surface area contributed by atoms with Gasteiger partial charge in [0, 0.05) is 18.9 Å². The fourth-order valence-electron chi connectivity index (χ4n) is 1.62. The molecule has 1 aliphatic rings. The fraction of sp³-hybridized carbons (Fsp3) is 0.667. The molecule has 8 heteroatoms. The summed E-state index contributed by atoms with van der Waals surface area (Å²) in [6, 6.07) is 0. The number of hydrogen-bond donors (Lipinski definition) is 4. The van der Waals surface area contributed by atoms with Crippen LogP contribution >= 0.6 is 0 Å². The van der Waals surface area contributed by atoms with E-state index in [-0.39, 0.29) is 37.2 Å². The van der Waals surface area contributed by atoms with Crippen molar-refractivity contribution in [3.05, 3.63) is 0 Å². The average Bonchev–Trinajstić information content (AvgIpc) is 3.11. The second-order valence-electron chi connectivity index (χ2n) is 4.81. The SMILES string of the molecule is CC1CC1C(=O)NCCC(=O)NCC(=O)NCC(=O)O. The van der Waals surface area contributed by atoms with Crippen molar-refractivity contribution < 1.29 is 24.3 Å². The molecule has 0 aromatic heterocycles. The van der Waals surface area contributed by atoms with Crippen LogP contribution in [0, 0.1) is 11.8 Å². The highest BCUT2D eigenvalue weighted by Gasteiger charge is 2.38. The Morgan fingerprint density at radius 1 is 1.05 bits per heavy atom. The van der Waals surface area contributed by atoms with E-state index >= 15 is 0 Å². The van der Waals surface area contributed by atoms with Crippen LogP contribution in [0.15, 0.2) is 0 Å². The lowest BCUT2D eigenvalue weighted by Gasteiger charge is -2.06. The van der Waals surface area contributed by atoms with Gasteiger partial charge in [-0.2, -0.15) is 0 Å². The molecule has 0 heterocycles. The van der Waals surface area contributed by atoms with Gasteiger partial charge in [-0.25, -0.2) is 0 Å². The molecule has 0 aromatic rings. The smallest absolute Gasteiger partial charge is 0.322 e. The first-order valence-corrected chi connectivity index (χ1v) is 6.43. The number of carboxylic acid groups (broad SMARTS) is 1.